The van der Waals surface area contributed by atoms with Crippen LogP contribution in [-0.2, 0) is 14.8 Å². The van der Waals surface area contributed by atoms with E-state index in [1.807, 2.05) is 0 Å². The number of carbonyl (C=O) groups excluding carboxylic acids is 2. The second kappa shape index (κ2) is 11.1. The summed E-state index contributed by atoms with van der Waals surface area (Å²) in [4.78, 5) is 24.5. The Morgan fingerprint density at radius 3 is 2.27 bits per heavy atom. The molecule has 2 amide bonds. The number of rotatable bonds is 9. The van der Waals surface area contributed by atoms with E-state index in [0.717, 1.165) is 0 Å². The van der Waals surface area contributed by atoms with E-state index in [1.165, 1.54) is 41.7 Å². The van der Waals surface area contributed by atoms with Crippen molar-refractivity contribution in [1.82, 2.24) is 14.9 Å². The summed E-state index contributed by atoms with van der Waals surface area (Å²) in [5.41, 5.74) is 0.526. The summed E-state index contributed by atoms with van der Waals surface area (Å²) in [7, 11) is -2.47. The van der Waals surface area contributed by atoms with Crippen LogP contribution in [0.4, 0.5) is 0 Å². The molecule has 3 N–H and O–H groups in total. The maximum absolute atomic E-state index is 13.0. The standard InChI is InChI=1S/C22H27N3O7S/c1-31-19-7-6-17(15-20(19)33(29,30)25-10-12-32-13-11-25)22(28)24-9-3-8-23-21(27)16-4-2-5-18(26)14-16/h2,4-7,14-15,26H,3,8-13H2,1H3,(H,23,27)(H,24,28). The summed E-state index contributed by atoms with van der Waals surface area (Å²) in [5.74, 6) is -0.599. The number of morpholine rings is 1. The van der Waals surface area contributed by atoms with Gasteiger partial charge in [0.05, 0.1) is 20.3 Å². The second-order valence-electron chi connectivity index (χ2n) is 7.30. The lowest BCUT2D eigenvalue weighted by atomic mass is 10.2. The minimum Gasteiger partial charge on any atom is -0.508 e. The molecular weight excluding hydrogens is 450 g/mol. The van der Waals surface area contributed by atoms with Gasteiger partial charge in [-0.05, 0) is 42.8 Å². The molecule has 1 saturated heterocycles. The lowest BCUT2D eigenvalue weighted by molar-refractivity contribution is 0.0729. The van der Waals surface area contributed by atoms with Crippen molar-refractivity contribution in [2.75, 3.05) is 46.5 Å². The highest BCUT2D eigenvalue weighted by atomic mass is 32.2. The van der Waals surface area contributed by atoms with Crippen molar-refractivity contribution in [3.05, 3.63) is 53.6 Å². The summed E-state index contributed by atoms with van der Waals surface area (Å²) in [6.45, 7) is 1.67. The van der Waals surface area contributed by atoms with Gasteiger partial charge in [0.15, 0.2) is 0 Å². The van der Waals surface area contributed by atoms with Crippen molar-refractivity contribution >= 4 is 21.8 Å². The van der Waals surface area contributed by atoms with Crippen LogP contribution >= 0.6 is 0 Å². The number of methoxy groups -OCH3 is 1. The van der Waals surface area contributed by atoms with Crippen molar-refractivity contribution in [2.24, 2.45) is 0 Å². The van der Waals surface area contributed by atoms with Gasteiger partial charge in [0.2, 0.25) is 10.0 Å². The van der Waals surface area contributed by atoms with E-state index in [4.69, 9.17) is 9.47 Å². The number of phenols is 1. The molecule has 1 aliphatic heterocycles. The molecule has 0 aromatic heterocycles. The van der Waals surface area contributed by atoms with E-state index < -0.39 is 15.9 Å². The number of benzene rings is 2. The lowest BCUT2D eigenvalue weighted by Gasteiger charge is -2.26. The number of carbonyl (C=O) groups is 2. The molecule has 1 heterocycles. The van der Waals surface area contributed by atoms with E-state index in [-0.39, 0.29) is 47.5 Å². The number of nitrogens with zero attached hydrogens (tertiary/aromatic N) is 1. The molecule has 2 aromatic carbocycles. The van der Waals surface area contributed by atoms with Crippen LogP contribution in [0.25, 0.3) is 0 Å². The maximum Gasteiger partial charge on any atom is 0.251 e. The fourth-order valence-corrected chi connectivity index (χ4v) is 4.88. The van der Waals surface area contributed by atoms with E-state index >= 15 is 0 Å². The van der Waals surface area contributed by atoms with Crippen LogP contribution in [0.2, 0.25) is 0 Å². The van der Waals surface area contributed by atoms with Crippen LogP contribution in [0.1, 0.15) is 27.1 Å². The Kier molecular flexibility index (Phi) is 8.26. The van der Waals surface area contributed by atoms with Crippen molar-refractivity contribution in [1.29, 1.82) is 0 Å². The summed E-state index contributed by atoms with van der Waals surface area (Å²) in [5, 5.41) is 14.9. The molecule has 11 heteroatoms. The van der Waals surface area contributed by atoms with E-state index in [9.17, 15) is 23.1 Å². The van der Waals surface area contributed by atoms with Crippen molar-refractivity contribution in [3.63, 3.8) is 0 Å². The molecule has 0 bridgehead atoms. The number of ether oxygens (including phenoxy) is 2. The molecule has 1 fully saturated rings. The molecule has 3 rings (SSSR count). The summed E-state index contributed by atoms with van der Waals surface area (Å²) in [6.07, 6.45) is 0.464. The Labute approximate surface area is 192 Å². The van der Waals surface area contributed by atoms with Crippen LogP contribution in [0.3, 0.4) is 0 Å². The van der Waals surface area contributed by atoms with Crippen molar-refractivity contribution in [2.45, 2.75) is 11.3 Å². The first kappa shape index (κ1) is 24.5. The predicted octanol–water partition coefficient (Wildman–Crippen LogP) is 0.972. The minimum absolute atomic E-state index is 0.00408. The Morgan fingerprint density at radius 1 is 1.03 bits per heavy atom. The Bertz CT molecular complexity index is 1100. The molecule has 2 aromatic rings. The first-order valence-corrected chi connectivity index (χ1v) is 11.9. The van der Waals surface area contributed by atoms with Gasteiger partial charge in [0, 0.05) is 37.3 Å². The highest BCUT2D eigenvalue weighted by molar-refractivity contribution is 7.89. The average molecular weight is 478 g/mol. The number of nitrogens with one attached hydrogen (secondary N) is 2. The number of phenolic OH excluding ortho intramolecular Hbond substituents is 1. The molecule has 0 spiro atoms. The van der Waals surface area contributed by atoms with E-state index in [1.54, 1.807) is 12.1 Å². The normalized spacial score (nSPS) is 14.5. The second-order valence-corrected chi connectivity index (χ2v) is 9.20. The smallest absolute Gasteiger partial charge is 0.251 e. The van der Waals surface area contributed by atoms with Crippen LogP contribution in [0, 0.1) is 0 Å². The average Bonchev–Trinajstić information content (AvgIpc) is 2.83. The molecule has 33 heavy (non-hydrogen) atoms. The zero-order valence-electron chi connectivity index (χ0n) is 18.2. The minimum atomic E-state index is -3.85. The third kappa shape index (κ3) is 6.21. The van der Waals surface area contributed by atoms with E-state index in [2.05, 4.69) is 10.6 Å². The third-order valence-corrected chi connectivity index (χ3v) is 6.97. The zero-order valence-corrected chi connectivity index (χ0v) is 19.1. The number of aromatic hydroxyl groups is 1. The molecule has 0 atom stereocenters. The van der Waals surface area contributed by atoms with Gasteiger partial charge in [-0.25, -0.2) is 8.42 Å². The van der Waals surface area contributed by atoms with Gasteiger partial charge in [-0.1, -0.05) is 6.07 Å². The van der Waals surface area contributed by atoms with Crippen molar-refractivity contribution in [3.8, 4) is 11.5 Å². The number of hydrogen-bond donors (Lipinski definition) is 3. The van der Waals surface area contributed by atoms with Crippen LogP contribution < -0.4 is 15.4 Å². The number of sulfonamides is 1. The quantitative estimate of drug-likeness (QED) is 0.458. The Balaban J connectivity index is 1.56. The van der Waals surface area contributed by atoms with Gasteiger partial charge < -0.3 is 25.2 Å². The largest absolute Gasteiger partial charge is 0.508 e. The van der Waals surface area contributed by atoms with Gasteiger partial charge >= 0.3 is 0 Å². The highest BCUT2D eigenvalue weighted by Gasteiger charge is 2.30. The summed E-state index contributed by atoms with van der Waals surface area (Å²) >= 11 is 0. The molecular formula is C22H27N3O7S. The molecule has 0 aliphatic carbocycles. The van der Waals surface area contributed by atoms with Crippen molar-refractivity contribution < 1.29 is 32.6 Å². The summed E-state index contributed by atoms with van der Waals surface area (Å²) < 4.78 is 37.8. The SMILES string of the molecule is COc1ccc(C(=O)NCCCNC(=O)c2cccc(O)c2)cc1S(=O)(=O)N1CCOCC1. The van der Waals surface area contributed by atoms with Gasteiger partial charge in [-0.3, -0.25) is 9.59 Å². The van der Waals surface area contributed by atoms with Crippen LogP contribution in [-0.4, -0.2) is 76.1 Å². The van der Waals surface area contributed by atoms with Gasteiger partial charge in [-0.2, -0.15) is 4.31 Å². The molecule has 0 radical (unpaired) electrons. The molecule has 10 nitrogen and oxygen atoms in total. The topological polar surface area (TPSA) is 134 Å². The third-order valence-electron chi connectivity index (χ3n) is 5.05. The first-order valence-electron chi connectivity index (χ1n) is 10.4. The number of hydrogen-bond acceptors (Lipinski definition) is 7. The van der Waals surface area contributed by atoms with Gasteiger partial charge in [0.25, 0.3) is 11.8 Å². The highest BCUT2D eigenvalue weighted by Crippen LogP contribution is 2.28. The fraction of sp³-hybridized carbons (Fsp3) is 0.364. The summed E-state index contributed by atoms with van der Waals surface area (Å²) in [6, 6.07) is 10.3. The molecule has 178 valence electrons. The lowest BCUT2D eigenvalue weighted by Crippen LogP contribution is -2.40. The Morgan fingerprint density at radius 2 is 1.67 bits per heavy atom. The predicted molar refractivity (Wildman–Crippen MR) is 120 cm³/mol. The molecule has 0 unspecified atom stereocenters. The maximum atomic E-state index is 13.0. The van der Waals surface area contributed by atoms with E-state index in [0.29, 0.717) is 31.7 Å². The molecule has 1 aliphatic rings. The Hall–Kier alpha value is -3.15. The fourth-order valence-electron chi connectivity index (χ4n) is 3.29. The van der Waals surface area contributed by atoms with Gasteiger partial charge in [-0.15, -0.1) is 0 Å². The zero-order chi connectivity index (χ0) is 23.8. The van der Waals surface area contributed by atoms with Crippen LogP contribution in [0.15, 0.2) is 47.4 Å². The van der Waals surface area contributed by atoms with Gasteiger partial charge in [0.1, 0.15) is 16.4 Å². The first-order chi connectivity index (χ1) is 15.8. The monoisotopic (exact) mass is 477 g/mol. The molecule has 0 saturated carbocycles. The number of amides is 2. The van der Waals surface area contributed by atoms with Crippen LogP contribution in [0.5, 0.6) is 11.5 Å².